The minimum atomic E-state index is -1.59. The minimum absolute atomic E-state index is 0.220. The van der Waals surface area contributed by atoms with Crippen LogP contribution in [0.25, 0.3) is 0 Å². The molecule has 0 radical (unpaired) electrons. The highest BCUT2D eigenvalue weighted by Gasteiger charge is 2.44. The van der Waals surface area contributed by atoms with Crippen molar-refractivity contribution in [3.63, 3.8) is 0 Å². The van der Waals surface area contributed by atoms with Crippen LogP contribution in [-0.2, 0) is 14.3 Å². The lowest BCUT2D eigenvalue weighted by atomic mass is 9.99. The van der Waals surface area contributed by atoms with Gasteiger partial charge in [-0.1, -0.05) is 194 Å². The largest absolute Gasteiger partial charge is 0.394 e. The summed E-state index contributed by atoms with van der Waals surface area (Å²) in [5.74, 6) is -0.220. The number of hydrogen-bond donors (Lipinski definition) is 6. The zero-order valence-electron chi connectivity index (χ0n) is 41.4. The molecule has 1 rings (SSSR count). The van der Waals surface area contributed by atoms with E-state index in [1.165, 1.54) is 64.2 Å². The van der Waals surface area contributed by atoms with Gasteiger partial charge in [0.1, 0.15) is 24.4 Å². The van der Waals surface area contributed by atoms with E-state index in [9.17, 15) is 30.3 Å². The quantitative estimate of drug-likeness (QED) is 0.0262. The molecule has 66 heavy (non-hydrogen) atoms. The molecule has 1 aliphatic heterocycles. The van der Waals surface area contributed by atoms with E-state index in [2.05, 4.69) is 116 Å². The predicted octanol–water partition coefficient (Wildman–Crippen LogP) is 12.2. The van der Waals surface area contributed by atoms with Gasteiger partial charge in [0, 0.05) is 6.42 Å². The highest BCUT2D eigenvalue weighted by molar-refractivity contribution is 5.76. The van der Waals surface area contributed by atoms with Crippen molar-refractivity contribution in [2.45, 2.75) is 230 Å². The van der Waals surface area contributed by atoms with E-state index in [0.717, 1.165) is 96.3 Å². The Morgan fingerprint density at radius 3 is 1.45 bits per heavy atom. The van der Waals surface area contributed by atoms with E-state index in [1.807, 2.05) is 6.08 Å². The first-order valence-corrected chi connectivity index (χ1v) is 26.1. The van der Waals surface area contributed by atoms with Crippen molar-refractivity contribution in [2.75, 3.05) is 13.2 Å². The van der Waals surface area contributed by atoms with Crippen LogP contribution in [0.4, 0.5) is 0 Å². The summed E-state index contributed by atoms with van der Waals surface area (Å²) < 4.78 is 11.2. The zero-order valence-corrected chi connectivity index (χ0v) is 41.4. The number of allylic oxidation sites excluding steroid dienone is 17. The summed E-state index contributed by atoms with van der Waals surface area (Å²) in [6.45, 7) is 3.61. The van der Waals surface area contributed by atoms with Crippen molar-refractivity contribution < 1.29 is 39.8 Å². The molecule has 0 aromatic heterocycles. The highest BCUT2D eigenvalue weighted by atomic mass is 16.7. The molecule has 1 fully saturated rings. The van der Waals surface area contributed by atoms with E-state index < -0.39 is 49.5 Å². The van der Waals surface area contributed by atoms with E-state index in [1.54, 1.807) is 6.08 Å². The number of carbonyl (C=O) groups excluding carboxylic acids is 1. The smallest absolute Gasteiger partial charge is 0.220 e. The van der Waals surface area contributed by atoms with Crippen LogP contribution in [0.1, 0.15) is 187 Å². The highest BCUT2D eigenvalue weighted by Crippen LogP contribution is 2.22. The fourth-order valence-electron chi connectivity index (χ4n) is 7.42. The van der Waals surface area contributed by atoms with E-state index in [0.29, 0.717) is 12.8 Å². The van der Waals surface area contributed by atoms with Gasteiger partial charge in [-0.05, 0) is 96.3 Å². The van der Waals surface area contributed by atoms with Gasteiger partial charge in [-0.15, -0.1) is 0 Å². The second-order valence-corrected chi connectivity index (χ2v) is 17.6. The molecule has 0 bridgehead atoms. The molecular formula is C57H95NO8. The van der Waals surface area contributed by atoms with Crippen molar-refractivity contribution in [2.24, 2.45) is 0 Å². The van der Waals surface area contributed by atoms with Crippen LogP contribution in [0.5, 0.6) is 0 Å². The van der Waals surface area contributed by atoms with Crippen molar-refractivity contribution in [1.29, 1.82) is 0 Å². The lowest BCUT2D eigenvalue weighted by molar-refractivity contribution is -0.302. The summed E-state index contributed by atoms with van der Waals surface area (Å²) in [5.41, 5.74) is 0. The van der Waals surface area contributed by atoms with Gasteiger partial charge in [0.05, 0.1) is 25.4 Å². The molecule has 0 saturated carbocycles. The molecule has 376 valence electrons. The molecule has 0 aromatic carbocycles. The first kappa shape index (κ1) is 60.9. The van der Waals surface area contributed by atoms with Gasteiger partial charge in [-0.2, -0.15) is 0 Å². The van der Waals surface area contributed by atoms with Crippen LogP contribution in [0.15, 0.2) is 109 Å². The number of unbranched alkanes of at least 4 members (excludes halogenated alkanes) is 16. The summed E-state index contributed by atoms with van der Waals surface area (Å²) >= 11 is 0. The molecule has 1 aliphatic rings. The molecule has 7 atom stereocenters. The topological polar surface area (TPSA) is 149 Å². The minimum Gasteiger partial charge on any atom is -0.394 e. The Bertz CT molecular complexity index is 1390. The normalized spacial score (nSPS) is 20.7. The zero-order chi connectivity index (χ0) is 48.0. The summed E-state index contributed by atoms with van der Waals surface area (Å²) in [6, 6.07) is -0.850. The second kappa shape index (κ2) is 45.6. The third-order valence-electron chi connectivity index (χ3n) is 11.6. The van der Waals surface area contributed by atoms with Gasteiger partial charge >= 0.3 is 0 Å². The van der Waals surface area contributed by atoms with Crippen molar-refractivity contribution in [3.05, 3.63) is 109 Å². The Kier molecular flexibility index (Phi) is 42.1. The molecule has 9 nitrogen and oxygen atoms in total. The fraction of sp³-hybridized carbons (Fsp3) is 0.667. The maximum absolute atomic E-state index is 13.0. The number of aliphatic hydroxyl groups is 5. The molecule has 0 aromatic rings. The predicted molar refractivity (Wildman–Crippen MR) is 276 cm³/mol. The van der Waals surface area contributed by atoms with E-state index in [4.69, 9.17) is 9.47 Å². The number of aliphatic hydroxyl groups excluding tert-OH is 5. The van der Waals surface area contributed by atoms with Gasteiger partial charge in [0.15, 0.2) is 6.29 Å². The van der Waals surface area contributed by atoms with Crippen LogP contribution >= 0.6 is 0 Å². The average molecular weight is 922 g/mol. The summed E-state index contributed by atoms with van der Waals surface area (Å²) in [5, 5.41) is 54.3. The first-order chi connectivity index (χ1) is 32.3. The van der Waals surface area contributed by atoms with Gasteiger partial charge in [-0.25, -0.2) is 0 Å². The van der Waals surface area contributed by atoms with E-state index >= 15 is 0 Å². The Hall–Kier alpha value is -3.15. The van der Waals surface area contributed by atoms with Crippen LogP contribution in [-0.4, -0.2) is 87.5 Å². The molecule has 9 heteroatoms. The van der Waals surface area contributed by atoms with Crippen LogP contribution < -0.4 is 5.32 Å². The van der Waals surface area contributed by atoms with Gasteiger partial charge in [-0.3, -0.25) is 4.79 Å². The molecule has 6 N–H and O–H groups in total. The number of rotatable bonds is 42. The SMILES string of the molecule is CC/C=C\C/C=C\C/C=C\C/C=C\C/C=C\C/C=C\CCCCCCC(=O)NC(COC1OC(CO)C(O)C(O)C1O)C(O)/C=C/CC/C=C/CC/C=C/CCCCCCCCCCCC. The third-order valence-corrected chi connectivity index (χ3v) is 11.6. The number of carbonyl (C=O) groups is 1. The summed E-state index contributed by atoms with van der Waals surface area (Å²) in [7, 11) is 0. The maximum atomic E-state index is 13.0. The molecule has 0 aliphatic carbocycles. The van der Waals surface area contributed by atoms with Gasteiger partial charge < -0.3 is 40.3 Å². The second-order valence-electron chi connectivity index (χ2n) is 17.6. The maximum Gasteiger partial charge on any atom is 0.220 e. The number of hydrogen-bond acceptors (Lipinski definition) is 8. The Morgan fingerprint density at radius 2 is 0.955 bits per heavy atom. The molecule has 1 amide bonds. The van der Waals surface area contributed by atoms with Crippen LogP contribution in [0.2, 0.25) is 0 Å². The third kappa shape index (κ3) is 35.1. The Balaban J connectivity index is 2.37. The Morgan fingerprint density at radius 1 is 0.530 bits per heavy atom. The van der Waals surface area contributed by atoms with Crippen molar-refractivity contribution >= 4 is 5.91 Å². The van der Waals surface area contributed by atoms with E-state index in [-0.39, 0.29) is 12.5 Å². The average Bonchev–Trinajstić information content (AvgIpc) is 3.32. The standard InChI is InChI=1S/C57H95NO8/c1-3-5-7-9-11-13-15-17-19-21-23-25-26-27-29-31-33-35-37-39-41-43-45-47-53(61)58-50(49-65-57-56(64)55(63)54(62)52(48-59)66-57)51(60)46-44-42-40-38-36-34-32-30-28-24-22-20-18-16-14-12-10-8-6-4-2/h5,7,11,13,17,19,23,25,27-30,33,35-36,38,44,46,50-52,54-57,59-60,62-64H,3-4,6,8-10,12,14-16,18,20-22,24,26,31-32,34,37,39-43,45,47-49H2,1-2H3,(H,58,61)/b7-5-,13-11-,19-17-,25-23-,29-27-,30-28+,35-33-,38-36+,46-44+. The van der Waals surface area contributed by atoms with Gasteiger partial charge in [0.2, 0.25) is 5.91 Å². The Labute approximate surface area is 402 Å². The van der Waals surface area contributed by atoms with Gasteiger partial charge in [0.25, 0.3) is 0 Å². The van der Waals surface area contributed by atoms with Crippen molar-refractivity contribution in [1.82, 2.24) is 5.32 Å². The van der Waals surface area contributed by atoms with Crippen LogP contribution in [0, 0.1) is 0 Å². The van der Waals surface area contributed by atoms with Crippen molar-refractivity contribution in [3.8, 4) is 0 Å². The molecule has 7 unspecified atom stereocenters. The fourth-order valence-corrected chi connectivity index (χ4v) is 7.42. The molecule has 1 saturated heterocycles. The first-order valence-electron chi connectivity index (χ1n) is 26.1. The van der Waals surface area contributed by atoms with Crippen LogP contribution in [0.3, 0.4) is 0 Å². The molecule has 1 heterocycles. The summed E-state index contributed by atoms with van der Waals surface area (Å²) in [4.78, 5) is 13.0. The lowest BCUT2D eigenvalue weighted by Crippen LogP contribution is -2.60. The number of ether oxygens (including phenoxy) is 2. The lowest BCUT2D eigenvalue weighted by Gasteiger charge is -2.40. The number of nitrogens with one attached hydrogen (secondary N) is 1. The monoisotopic (exact) mass is 922 g/mol. The molecular weight excluding hydrogens is 827 g/mol. The number of amides is 1. The molecule has 0 spiro atoms. The summed E-state index contributed by atoms with van der Waals surface area (Å²) in [6.07, 6.45) is 59.9.